The van der Waals surface area contributed by atoms with Crippen molar-refractivity contribution in [2.45, 2.75) is 6.04 Å². The molecule has 28 heavy (non-hydrogen) atoms. The Morgan fingerprint density at radius 3 is 2.89 bits per heavy atom. The molecule has 0 spiro atoms. The number of aromatic amines is 2. The highest BCUT2D eigenvalue weighted by Crippen LogP contribution is 2.31. The minimum Gasteiger partial charge on any atom is -0.397 e. The summed E-state index contributed by atoms with van der Waals surface area (Å²) in [6, 6.07) is 11.2. The fourth-order valence-corrected chi connectivity index (χ4v) is 3.92. The molecule has 5 rings (SSSR count). The summed E-state index contributed by atoms with van der Waals surface area (Å²) in [4.78, 5) is 23.6. The number of nitrogen functional groups attached to an aromatic ring is 1. The number of morpholine rings is 1. The number of imidazole rings is 1. The van der Waals surface area contributed by atoms with Crippen LogP contribution in [0.3, 0.4) is 0 Å². The zero-order chi connectivity index (χ0) is 19.3. The summed E-state index contributed by atoms with van der Waals surface area (Å²) >= 11 is 6.11. The summed E-state index contributed by atoms with van der Waals surface area (Å²) in [5.41, 5.74) is 10.0. The van der Waals surface area contributed by atoms with Crippen molar-refractivity contribution < 1.29 is 4.74 Å². The molecule has 0 amide bonds. The number of nitrogens with zero attached hydrogens (tertiary/aromatic N) is 1. The van der Waals surface area contributed by atoms with Crippen LogP contribution >= 0.6 is 11.6 Å². The zero-order valence-electron chi connectivity index (χ0n) is 14.9. The van der Waals surface area contributed by atoms with E-state index in [4.69, 9.17) is 27.1 Å². The van der Waals surface area contributed by atoms with Crippen LogP contribution in [0.15, 0.2) is 41.2 Å². The summed E-state index contributed by atoms with van der Waals surface area (Å²) in [5, 5.41) is 4.68. The number of nitrogens with one attached hydrogen (secondary N) is 3. The molecule has 1 fully saturated rings. The number of anilines is 1. The number of halogens is 1. The summed E-state index contributed by atoms with van der Waals surface area (Å²) in [6.07, 6.45) is 0. The van der Waals surface area contributed by atoms with E-state index in [1.165, 1.54) is 0 Å². The number of H-pyrrole nitrogens is 2. The molecule has 142 valence electrons. The van der Waals surface area contributed by atoms with E-state index in [2.05, 4.69) is 15.3 Å². The molecule has 0 bridgehead atoms. The van der Waals surface area contributed by atoms with Crippen molar-refractivity contribution >= 4 is 39.2 Å². The standard InChI is InChI=1S/C20H18ClN5O2/c21-10-4-5-13-12(8-10)17(22)16(20(27)25-13)19-24-14-3-1-2-11(18(14)26-19)15-9-28-7-6-23-15/h1-5,8,15,23H,6-7,9H2,(H,24,26)(H3,22,25,27). The van der Waals surface area contributed by atoms with E-state index in [1.54, 1.807) is 18.2 Å². The summed E-state index contributed by atoms with van der Waals surface area (Å²) in [6.45, 7) is 2.07. The highest BCUT2D eigenvalue weighted by atomic mass is 35.5. The van der Waals surface area contributed by atoms with Gasteiger partial charge in [-0.3, -0.25) is 4.79 Å². The maximum atomic E-state index is 12.7. The molecule has 3 heterocycles. The molecule has 0 radical (unpaired) electrons. The zero-order valence-corrected chi connectivity index (χ0v) is 15.6. The first kappa shape index (κ1) is 17.2. The third-order valence-corrected chi connectivity index (χ3v) is 5.33. The van der Waals surface area contributed by atoms with Crippen molar-refractivity contribution in [3.8, 4) is 11.4 Å². The number of rotatable bonds is 2. The van der Waals surface area contributed by atoms with Crippen LogP contribution in [0.5, 0.6) is 0 Å². The third kappa shape index (κ3) is 2.75. The van der Waals surface area contributed by atoms with E-state index in [9.17, 15) is 4.79 Å². The maximum Gasteiger partial charge on any atom is 0.261 e. The third-order valence-electron chi connectivity index (χ3n) is 5.09. The molecule has 8 heteroatoms. The Balaban J connectivity index is 1.71. The second-order valence-corrected chi connectivity index (χ2v) is 7.28. The largest absolute Gasteiger partial charge is 0.397 e. The molecule has 0 aliphatic carbocycles. The van der Waals surface area contributed by atoms with Gasteiger partial charge in [0.2, 0.25) is 0 Å². The van der Waals surface area contributed by atoms with E-state index in [1.807, 2.05) is 18.2 Å². The van der Waals surface area contributed by atoms with Gasteiger partial charge >= 0.3 is 0 Å². The number of benzene rings is 2. The van der Waals surface area contributed by atoms with Crippen LogP contribution in [0.2, 0.25) is 5.02 Å². The van der Waals surface area contributed by atoms with Gasteiger partial charge in [-0.1, -0.05) is 23.7 Å². The first-order chi connectivity index (χ1) is 13.6. The van der Waals surface area contributed by atoms with Crippen LogP contribution in [-0.4, -0.2) is 34.7 Å². The lowest BCUT2D eigenvalue weighted by Crippen LogP contribution is -2.34. The average molecular weight is 396 g/mol. The van der Waals surface area contributed by atoms with Gasteiger partial charge in [0.05, 0.1) is 41.5 Å². The fourth-order valence-electron chi connectivity index (χ4n) is 3.74. The number of hydrogen-bond donors (Lipinski definition) is 4. The quantitative estimate of drug-likeness (QED) is 0.417. The molecule has 1 aliphatic rings. The van der Waals surface area contributed by atoms with Gasteiger partial charge in [0, 0.05) is 17.0 Å². The lowest BCUT2D eigenvalue weighted by Gasteiger charge is -2.24. The normalized spacial score (nSPS) is 17.4. The number of aromatic nitrogens is 3. The maximum absolute atomic E-state index is 12.7. The molecule has 1 unspecified atom stereocenters. The van der Waals surface area contributed by atoms with Crippen molar-refractivity contribution in [1.82, 2.24) is 20.3 Å². The Bertz CT molecular complexity index is 1260. The Morgan fingerprint density at radius 1 is 1.18 bits per heavy atom. The van der Waals surface area contributed by atoms with E-state index >= 15 is 0 Å². The van der Waals surface area contributed by atoms with Crippen LogP contribution in [0.1, 0.15) is 11.6 Å². The fraction of sp³-hybridized carbons (Fsp3) is 0.200. The van der Waals surface area contributed by atoms with E-state index in [0.717, 1.165) is 23.1 Å². The molecular formula is C20H18ClN5O2. The predicted molar refractivity (Wildman–Crippen MR) is 111 cm³/mol. The topological polar surface area (TPSA) is 109 Å². The second-order valence-electron chi connectivity index (χ2n) is 6.84. The van der Waals surface area contributed by atoms with Crippen LogP contribution in [0.25, 0.3) is 33.3 Å². The average Bonchev–Trinajstić information content (AvgIpc) is 3.13. The molecule has 4 aromatic rings. The van der Waals surface area contributed by atoms with Crippen LogP contribution in [-0.2, 0) is 4.74 Å². The van der Waals surface area contributed by atoms with Crippen molar-refractivity contribution in [2.24, 2.45) is 0 Å². The number of nitrogens with two attached hydrogens (primary N) is 1. The van der Waals surface area contributed by atoms with E-state index in [0.29, 0.717) is 46.2 Å². The van der Waals surface area contributed by atoms with Crippen LogP contribution < -0.4 is 16.6 Å². The van der Waals surface area contributed by atoms with Gasteiger partial charge in [0.25, 0.3) is 5.56 Å². The van der Waals surface area contributed by atoms with Crippen molar-refractivity contribution in [3.05, 3.63) is 57.3 Å². The van der Waals surface area contributed by atoms with E-state index < -0.39 is 0 Å². The lowest BCUT2D eigenvalue weighted by molar-refractivity contribution is 0.0772. The molecule has 5 N–H and O–H groups in total. The van der Waals surface area contributed by atoms with Gasteiger partial charge in [-0.2, -0.15) is 0 Å². The minimum atomic E-state index is -0.299. The smallest absolute Gasteiger partial charge is 0.261 e. The Kier molecular flexibility index (Phi) is 4.08. The van der Waals surface area contributed by atoms with Crippen molar-refractivity contribution in [2.75, 3.05) is 25.5 Å². The minimum absolute atomic E-state index is 0.0552. The van der Waals surface area contributed by atoms with Gasteiger partial charge in [-0.25, -0.2) is 4.98 Å². The van der Waals surface area contributed by atoms with E-state index in [-0.39, 0.29) is 11.6 Å². The van der Waals surface area contributed by atoms with Gasteiger partial charge in [0.1, 0.15) is 11.4 Å². The summed E-state index contributed by atoms with van der Waals surface area (Å²) in [5.74, 6) is 0.430. The monoisotopic (exact) mass is 395 g/mol. The number of ether oxygens (including phenoxy) is 1. The number of fused-ring (bicyclic) bond motifs is 2. The SMILES string of the molecule is Nc1c(-c2nc3c(C4COCCN4)cccc3[nH]2)c(=O)[nH]c2ccc(Cl)cc12. The molecule has 1 saturated heterocycles. The second kappa shape index (κ2) is 6.63. The molecule has 1 atom stereocenters. The summed E-state index contributed by atoms with van der Waals surface area (Å²) < 4.78 is 5.59. The highest BCUT2D eigenvalue weighted by molar-refractivity contribution is 6.31. The Hall–Kier alpha value is -2.87. The van der Waals surface area contributed by atoms with Crippen molar-refractivity contribution in [3.63, 3.8) is 0 Å². The molecule has 2 aromatic heterocycles. The molecule has 0 saturated carbocycles. The number of para-hydroxylation sites is 1. The molecule has 1 aliphatic heterocycles. The van der Waals surface area contributed by atoms with Crippen LogP contribution in [0.4, 0.5) is 5.69 Å². The molecule has 2 aromatic carbocycles. The Morgan fingerprint density at radius 2 is 2.07 bits per heavy atom. The lowest BCUT2D eigenvalue weighted by atomic mass is 10.1. The van der Waals surface area contributed by atoms with Gasteiger partial charge in [-0.05, 0) is 29.8 Å². The predicted octanol–water partition coefficient (Wildman–Crippen LogP) is 2.97. The summed E-state index contributed by atoms with van der Waals surface area (Å²) in [7, 11) is 0. The Labute approximate surface area is 164 Å². The highest BCUT2D eigenvalue weighted by Gasteiger charge is 2.21. The number of hydrogen-bond acceptors (Lipinski definition) is 5. The van der Waals surface area contributed by atoms with Gasteiger partial charge in [-0.15, -0.1) is 0 Å². The van der Waals surface area contributed by atoms with Crippen molar-refractivity contribution in [1.29, 1.82) is 0 Å². The molecule has 7 nitrogen and oxygen atoms in total. The van der Waals surface area contributed by atoms with Gasteiger partial charge in [0.15, 0.2) is 0 Å². The van der Waals surface area contributed by atoms with Crippen LogP contribution in [0, 0.1) is 0 Å². The molecular weight excluding hydrogens is 378 g/mol. The van der Waals surface area contributed by atoms with Gasteiger partial charge < -0.3 is 25.8 Å². The first-order valence-corrected chi connectivity index (χ1v) is 9.41. The number of pyridine rings is 1. The first-order valence-electron chi connectivity index (χ1n) is 9.03.